The number of ether oxygens (including phenoxy) is 2. The van der Waals surface area contributed by atoms with E-state index in [4.69, 9.17) is 9.47 Å². The summed E-state index contributed by atoms with van der Waals surface area (Å²) >= 11 is 3.36. The number of halogens is 4. The summed E-state index contributed by atoms with van der Waals surface area (Å²) in [5, 5.41) is 4.52. The summed E-state index contributed by atoms with van der Waals surface area (Å²) in [7, 11) is 1.24. The Morgan fingerprint density at radius 3 is 2.59 bits per heavy atom. The van der Waals surface area contributed by atoms with Gasteiger partial charge in [0.05, 0.1) is 29.8 Å². The van der Waals surface area contributed by atoms with Crippen LogP contribution in [0.5, 0.6) is 5.75 Å². The van der Waals surface area contributed by atoms with Crippen LogP contribution in [-0.4, -0.2) is 35.1 Å². The van der Waals surface area contributed by atoms with Gasteiger partial charge in [-0.1, -0.05) is 40.2 Å². The van der Waals surface area contributed by atoms with Crippen LogP contribution < -0.4 is 10.3 Å². The van der Waals surface area contributed by atoms with Crippen molar-refractivity contribution in [2.45, 2.75) is 19.2 Å². The summed E-state index contributed by atoms with van der Waals surface area (Å²) in [4.78, 5) is 29.6. The van der Waals surface area contributed by atoms with Crippen molar-refractivity contribution in [1.82, 2.24) is 9.66 Å². The summed E-state index contributed by atoms with van der Waals surface area (Å²) < 4.78 is 52.1. The summed E-state index contributed by atoms with van der Waals surface area (Å²) in [6, 6.07) is 15.9. The van der Waals surface area contributed by atoms with E-state index in [1.807, 2.05) is 0 Å². The zero-order valence-corrected chi connectivity index (χ0v) is 21.1. The molecule has 4 rings (SSSR count). The molecule has 0 unspecified atom stereocenters. The molecule has 0 saturated heterocycles. The number of benzene rings is 3. The lowest BCUT2D eigenvalue weighted by molar-refractivity contribution is -0.148. The molecule has 0 N–H and O–H groups in total. The normalized spacial score (nSPS) is 12.6. The molecule has 37 heavy (non-hydrogen) atoms. The van der Waals surface area contributed by atoms with E-state index in [1.165, 1.54) is 32.4 Å². The van der Waals surface area contributed by atoms with Crippen LogP contribution in [0.3, 0.4) is 0 Å². The number of fused-ring (bicyclic) bond motifs is 1. The van der Waals surface area contributed by atoms with E-state index in [2.05, 4.69) is 26.0 Å². The van der Waals surface area contributed by atoms with Crippen LogP contribution in [-0.2, 0) is 15.7 Å². The van der Waals surface area contributed by atoms with Gasteiger partial charge in [-0.05, 0) is 49.4 Å². The van der Waals surface area contributed by atoms with E-state index >= 15 is 0 Å². The molecule has 0 aliphatic rings. The number of carbonyl (C=O) groups is 1. The number of nitrogens with zero attached hydrogens (tertiary/aromatic N) is 3. The van der Waals surface area contributed by atoms with Crippen molar-refractivity contribution >= 4 is 39.0 Å². The predicted octanol–water partition coefficient (Wildman–Crippen LogP) is 5.67. The standard InChI is InChI=1S/C26H19BrF3N3O4/c1-15(25(35)36-2)37-22-11-10-19(27)13-17(22)14-31-33-23(16-6-5-7-18(12-16)26(28,29)30)32-21-9-4-3-8-20(21)24(33)34/h3-15H,1-2H3/t15-/m1/s1. The molecule has 190 valence electrons. The molecular formula is C26H19BrF3N3O4. The minimum absolute atomic E-state index is 0.0554. The second kappa shape index (κ2) is 10.6. The number of carbonyl (C=O) groups excluding carboxylic acids is 1. The van der Waals surface area contributed by atoms with E-state index in [0.717, 1.165) is 16.8 Å². The van der Waals surface area contributed by atoms with Gasteiger partial charge in [-0.3, -0.25) is 4.79 Å². The molecule has 3 aromatic carbocycles. The van der Waals surface area contributed by atoms with Crippen LogP contribution in [0.25, 0.3) is 22.3 Å². The van der Waals surface area contributed by atoms with E-state index in [9.17, 15) is 22.8 Å². The molecule has 1 aromatic heterocycles. The fourth-order valence-electron chi connectivity index (χ4n) is 3.50. The Labute approximate surface area is 217 Å². The minimum Gasteiger partial charge on any atom is -0.478 e. The van der Waals surface area contributed by atoms with Crippen molar-refractivity contribution in [2.75, 3.05) is 7.11 Å². The number of esters is 1. The van der Waals surface area contributed by atoms with E-state index in [0.29, 0.717) is 15.6 Å². The van der Waals surface area contributed by atoms with Crippen LogP contribution in [0.15, 0.2) is 81.1 Å². The molecule has 0 aliphatic carbocycles. The molecular weight excluding hydrogens is 555 g/mol. The highest BCUT2D eigenvalue weighted by atomic mass is 79.9. The van der Waals surface area contributed by atoms with Gasteiger partial charge < -0.3 is 9.47 Å². The van der Waals surface area contributed by atoms with Crippen LogP contribution in [0, 0.1) is 0 Å². The summed E-state index contributed by atoms with van der Waals surface area (Å²) in [5.74, 6) is -0.397. The fourth-order valence-corrected chi connectivity index (χ4v) is 3.88. The highest BCUT2D eigenvalue weighted by Gasteiger charge is 2.31. The van der Waals surface area contributed by atoms with Crippen molar-refractivity contribution in [1.29, 1.82) is 0 Å². The molecule has 11 heteroatoms. The summed E-state index contributed by atoms with van der Waals surface area (Å²) in [6.45, 7) is 1.51. The monoisotopic (exact) mass is 573 g/mol. The number of hydrogen-bond donors (Lipinski definition) is 0. The maximum atomic E-state index is 13.4. The van der Waals surface area contributed by atoms with Crippen molar-refractivity contribution in [3.8, 4) is 17.1 Å². The van der Waals surface area contributed by atoms with Crippen LogP contribution in [0.2, 0.25) is 0 Å². The van der Waals surface area contributed by atoms with Gasteiger partial charge in [0, 0.05) is 15.6 Å². The number of alkyl halides is 3. The maximum Gasteiger partial charge on any atom is 0.416 e. The first-order chi connectivity index (χ1) is 17.6. The zero-order chi connectivity index (χ0) is 26.7. The highest BCUT2D eigenvalue weighted by molar-refractivity contribution is 9.10. The second-order valence-corrected chi connectivity index (χ2v) is 8.77. The third-order valence-corrected chi connectivity index (χ3v) is 5.82. The predicted molar refractivity (Wildman–Crippen MR) is 136 cm³/mol. The Kier molecular flexibility index (Phi) is 7.44. The third-order valence-electron chi connectivity index (χ3n) is 5.32. The first-order valence-corrected chi connectivity index (χ1v) is 11.7. The molecule has 0 saturated carbocycles. The highest BCUT2D eigenvalue weighted by Crippen LogP contribution is 2.32. The lowest BCUT2D eigenvalue weighted by Crippen LogP contribution is -2.25. The first-order valence-electron chi connectivity index (χ1n) is 10.9. The van der Waals surface area contributed by atoms with E-state index in [-0.39, 0.29) is 22.5 Å². The van der Waals surface area contributed by atoms with Crippen LogP contribution in [0.4, 0.5) is 13.2 Å². The number of rotatable bonds is 6. The first kappa shape index (κ1) is 26.1. The van der Waals surface area contributed by atoms with Crippen molar-refractivity contribution in [3.63, 3.8) is 0 Å². The molecule has 0 radical (unpaired) electrons. The molecule has 0 fully saturated rings. The van der Waals surface area contributed by atoms with E-state index in [1.54, 1.807) is 42.5 Å². The molecule has 0 bridgehead atoms. The van der Waals surface area contributed by atoms with Gasteiger partial charge in [-0.15, -0.1) is 0 Å². The summed E-state index contributed by atoms with van der Waals surface area (Å²) in [5.41, 5.74) is -0.707. The van der Waals surface area contributed by atoms with E-state index < -0.39 is 29.4 Å². The Hall–Kier alpha value is -3.99. The quantitative estimate of drug-likeness (QED) is 0.219. The Balaban J connectivity index is 1.88. The third kappa shape index (κ3) is 5.72. The van der Waals surface area contributed by atoms with Gasteiger partial charge in [-0.2, -0.15) is 22.9 Å². The summed E-state index contributed by atoms with van der Waals surface area (Å²) in [6.07, 6.45) is -4.21. The number of para-hydroxylation sites is 1. The zero-order valence-electron chi connectivity index (χ0n) is 19.5. The SMILES string of the molecule is COC(=O)[C@@H](C)Oc1ccc(Br)cc1C=Nn1c(-c2cccc(C(F)(F)F)c2)nc2ccccc2c1=O. The second-order valence-electron chi connectivity index (χ2n) is 7.86. The van der Waals surface area contributed by atoms with Crippen LogP contribution in [0.1, 0.15) is 18.1 Å². The van der Waals surface area contributed by atoms with Crippen molar-refractivity contribution in [3.05, 3.63) is 92.7 Å². The lowest BCUT2D eigenvalue weighted by atomic mass is 10.1. The average molecular weight is 574 g/mol. The molecule has 1 heterocycles. The fraction of sp³-hybridized carbons (Fsp3) is 0.154. The topological polar surface area (TPSA) is 82.8 Å². The Bertz CT molecular complexity index is 1570. The Morgan fingerprint density at radius 2 is 1.86 bits per heavy atom. The van der Waals surface area contributed by atoms with Crippen LogP contribution >= 0.6 is 15.9 Å². The van der Waals surface area contributed by atoms with Gasteiger partial charge in [0.15, 0.2) is 11.9 Å². The van der Waals surface area contributed by atoms with Crippen molar-refractivity contribution in [2.24, 2.45) is 5.10 Å². The average Bonchev–Trinajstić information content (AvgIpc) is 2.88. The smallest absolute Gasteiger partial charge is 0.416 e. The van der Waals surface area contributed by atoms with Gasteiger partial charge >= 0.3 is 12.1 Å². The Morgan fingerprint density at radius 1 is 1.11 bits per heavy atom. The number of methoxy groups -OCH3 is 1. The van der Waals surface area contributed by atoms with Gasteiger partial charge in [0.2, 0.25) is 0 Å². The molecule has 0 aliphatic heterocycles. The number of hydrogen-bond acceptors (Lipinski definition) is 6. The lowest BCUT2D eigenvalue weighted by Gasteiger charge is -2.15. The van der Waals surface area contributed by atoms with Gasteiger partial charge in [0.1, 0.15) is 5.75 Å². The molecule has 1 atom stereocenters. The molecule has 7 nitrogen and oxygen atoms in total. The largest absolute Gasteiger partial charge is 0.478 e. The van der Waals surface area contributed by atoms with Gasteiger partial charge in [0.25, 0.3) is 5.56 Å². The van der Waals surface area contributed by atoms with Gasteiger partial charge in [-0.25, -0.2) is 9.78 Å². The number of aromatic nitrogens is 2. The maximum absolute atomic E-state index is 13.4. The molecule has 0 spiro atoms. The molecule has 0 amide bonds. The van der Waals surface area contributed by atoms with Crippen molar-refractivity contribution < 1.29 is 27.4 Å². The molecule has 4 aromatic rings. The minimum atomic E-state index is -4.58.